The Morgan fingerprint density at radius 3 is 1.51 bits per heavy atom. The number of rotatable bonds is 12. The van der Waals surface area contributed by atoms with Gasteiger partial charge in [-0.1, -0.05) is 49.7 Å². The van der Waals surface area contributed by atoms with Gasteiger partial charge in [-0.2, -0.15) is 47.9 Å². The first-order valence-electron chi connectivity index (χ1n) is 11.8. The van der Waals surface area contributed by atoms with Gasteiger partial charge >= 0.3 is 33.4 Å². The molecule has 0 fully saturated rings. The molecule has 3 rings (SSSR count). The van der Waals surface area contributed by atoms with Crippen LogP contribution in [0.3, 0.4) is 0 Å². The van der Waals surface area contributed by atoms with Crippen molar-refractivity contribution in [2.45, 2.75) is 62.6 Å². The topological polar surface area (TPSA) is 43.4 Å². The summed E-state index contributed by atoms with van der Waals surface area (Å²) in [6.07, 6.45) is -5.44. The highest BCUT2D eigenvalue weighted by Gasteiger charge is 2.86. The van der Waals surface area contributed by atoms with Crippen molar-refractivity contribution < 1.29 is 51.6 Å². The number of hydrogen-bond acceptors (Lipinski definition) is 4. The fourth-order valence-corrected chi connectivity index (χ4v) is 9.72. The highest BCUT2D eigenvalue weighted by atomic mass is 32.3. The third-order valence-electron chi connectivity index (χ3n) is 5.69. The standard InChI is InChI=1S/C26H23F9O3S3/c1-2-3-18-39-19-14-16-22(17-15-19)40(20-10-6-4-7-11-20,21-12-8-5-9-13-21)38-41(36,37)26(34,35)24(29,30)23(27,28)25(31,32)33/h4-17H,2-3,18H2,1H3. The predicted octanol–water partition coefficient (Wildman–Crippen LogP) is 9.55. The van der Waals surface area contributed by atoms with Gasteiger partial charge in [-0.15, -0.1) is 11.8 Å². The highest BCUT2D eigenvalue weighted by molar-refractivity contribution is 8.33. The summed E-state index contributed by atoms with van der Waals surface area (Å²) in [5, 5.41) is -7.02. The zero-order chi connectivity index (χ0) is 30.7. The molecule has 0 unspecified atom stereocenters. The van der Waals surface area contributed by atoms with Crippen LogP contribution in [0.25, 0.3) is 0 Å². The molecule has 0 spiro atoms. The van der Waals surface area contributed by atoms with E-state index < -0.39 is 43.7 Å². The van der Waals surface area contributed by atoms with Crippen LogP contribution in [0.1, 0.15) is 19.8 Å². The van der Waals surface area contributed by atoms with Crippen LogP contribution in [0, 0.1) is 0 Å². The zero-order valence-electron chi connectivity index (χ0n) is 21.1. The van der Waals surface area contributed by atoms with Gasteiger partial charge in [0.05, 0.1) is 0 Å². The smallest absolute Gasteiger partial charge is 0.202 e. The first-order valence-corrected chi connectivity index (χ1v) is 15.7. The Morgan fingerprint density at radius 1 is 0.659 bits per heavy atom. The molecule has 0 aromatic heterocycles. The molecule has 0 radical (unpaired) electrons. The molecule has 0 amide bonds. The van der Waals surface area contributed by atoms with Crippen molar-refractivity contribution in [3.63, 3.8) is 0 Å². The molecule has 0 saturated carbocycles. The van der Waals surface area contributed by atoms with Crippen LogP contribution in [-0.2, 0) is 13.7 Å². The van der Waals surface area contributed by atoms with E-state index in [2.05, 4.69) is 0 Å². The van der Waals surface area contributed by atoms with Crippen LogP contribution in [0.5, 0.6) is 0 Å². The first kappa shape index (κ1) is 33.1. The van der Waals surface area contributed by atoms with Gasteiger partial charge in [-0.3, -0.25) is 0 Å². The Kier molecular flexibility index (Phi) is 9.78. The van der Waals surface area contributed by atoms with Gasteiger partial charge in [-0.05, 0) is 71.0 Å². The van der Waals surface area contributed by atoms with E-state index in [1.165, 1.54) is 96.7 Å². The maximum atomic E-state index is 14.9. The van der Waals surface area contributed by atoms with Crippen molar-refractivity contribution in [3.8, 4) is 0 Å². The zero-order valence-corrected chi connectivity index (χ0v) is 23.5. The normalized spacial score (nSPS) is 14.2. The Balaban J connectivity index is 2.28. The average molecular weight is 651 g/mol. The molecule has 0 N–H and O–H groups in total. The second kappa shape index (κ2) is 12.1. The molecule has 0 aliphatic heterocycles. The number of hydrogen-bond donors (Lipinski definition) is 0. The molecule has 3 aromatic carbocycles. The monoisotopic (exact) mass is 650 g/mol. The summed E-state index contributed by atoms with van der Waals surface area (Å²) in [5.41, 5.74) is 0. The number of unbranched alkanes of at least 4 members (excludes halogenated alkanes) is 1. The van der Waals surface area contributed by atoms with Crippen LogP contribution >= 0.6 is 22.1 Å². The molecule has 41 heavy (non-hydrogen) atoms. The molecule has 3 nitrogen and oxygen atoms in total. The lowest BCUT2D eigenvalue weighted by Crippen LogP contribution is -2.63. The predicted molar refractivity (Wildman–Crippen MR) is 138 cm³/mol. The molecule has 0 atom stereocenters. The summed E-state index contributed by atoms with van der Waals surface area (Å²) in [6.45, 7) is 1.97. The number of thioether (sulfide) groups is 1. The van der Waals surface area contributed by atoms with E-state index in [4.69, 9.17) is 3.63 Å². The van der Waals surface area contributed by atoms with Crippen LogP contribution in [-0.4, -0.2) is 37.4 Å². The minimum Gasteiger partial charge on any atom is -0.202 e. The fraction of sp³-hybridized carbons (Fsp3) is 0.308. The molecule has 15 heteroatoms. The second-order valence-corrected chi connectivity index (χ2v) is 14.2. The number of benzene rings is 3. The Bertz CT molecular complexity index is 1360. The molecule has 3 aromatic rings. The lowest BCUT2D eigenvalue weighted by Gasteiger charge is -2.41. The SMILES string of the molecule is CCCCSc1ccc(S(OS(=O)(=O)C(F)(F)C(F)(F)C(F)(F)C(F)(F)F)(c2ccccc2)c2ccccc2)cc1. The number of halogens is 9. The summed E-state index contributed by atoms with van der Waals surface area (Å²) in [5.74, 6) is -14.1. The van der Waals surface area contributed by atoms with Gasteiger partial charge in [0.2, 0.25) is 0 Å². The van der Waals surface area contributed by atoms with Gasteiger partial charge < -0.3 is 0 Å². The van der Waals surface area contributed by atoms with Gasteiger partial charge in [0.25, 0.3) is 0 Å². The minimum atomic E-state index is -7.44. The van der Waals surface area contributed by atoms with Crippen LogP contribution in [0.2, 0.25) is 0 Å². The van der Waals surface area contributed by atoms with Crippen molar-refractivity contribution in [3.05, 3.63) is 84.9 Å². The van der Waals surface area contributed by atoms with Crippen LogP contribution < -0.4 is 0 Å². The Labute approximate surface area is 236 Å². The highest BCUT2D eigenvalue weighted by Crippen LogP contribution is 2.71. The summed E-state index contributed by atoms with van der Waals surface area (Å²) < 4.78 is 155. The van der Waals surface area contributed by atoms with Crippen molar-refractivity contribution >= 4 is 32.2 Å². The summed E-state index contributed by atoms with van der Waals surface area (Å²) in [4.78, 5) is 0.284. The lowest BCUT2D eigenvalue weighted by molar-refractivity contribution is -0.382. The van der Waals surface area contributed by atoms with Crippen molar-refractivity contribution in [1.29, 1.82) is 0 Å². The van der Waals surface area contributed by atoms with Crippen LogP contribution in [0.4, 0.5) is 39.5 Å². The van der Waals surface area contributed by atoms with E-state index in [1.807, 2.05) is 6.92 Å². The van der Waals surface area contributed by atoms with Gasteiger partial charge in [0.15, 0.2) is 0 Å². The van der Waals surface area contributed by atoms with Crippen molar-refractivity contribution in [1.82, 2.24) is 0 Å². The number of alkyl halides is 9. The average Bonchev–Trinajstić information content (AvgIpc) is 2.92. The maximum absolute atomic E-state index is 14.9. The third kappa shape index (κ3) is 6.09. The minimum absolute atomic E-state index is 0.125. The summed E-state index contributed by atoms with van der Waals surface area (Å²) in [7, 11) is -11.2. The molecule has 0 aliphatic carbocycles. The van der Waals surface area contributed by atoms with E-state index in [-0.39, 0.29) is 14.7 Å². The van der Waals surface area contributed by atoms with E-state index >= 15 is 0 Å². The maximum Gasteiger partial charge on any atom is 0.460 e. The van der Waals surface area contributed by atoms with Gasteiger partial charge in [0, 0.05) is 19.6 Å². The molecule has 0 bridgehead atoms. The Morgan fingerprint density at radius 2 is 1.10 bits per heavy atom. The molecular formula is C26H23F9O3S3. The van der Waals surface area contributed by atoms with Crippen LogP contribution in [0.15, 0.2) is 105 Å². The van der Waals surface area contributed by atoms with E-state index in [9.17, 15) is 47.9 Å². The van der Waals surface area contributed by atoms with Crippen molar-refractivity contribution in [2.75, 3.05) is 5.75 Å². The van der Waals surface area contributed by atoms with E-state index in [0.717, 1.165) is 12.8 Å². The third-order valence-corrected chi connectivity index (χ3v) is 12.0. The van der Waals surface area contributed by atoms with Gasteiger partial charge in [0.1, 0.15) is 0 Å². The van der Waals surface area contributed by atoms with E-state index in [0.29, 0.717) is 10.6 Å². The molecule has 0 aliphatic rings. The Hall–Kier alpha value is -2.36. The molecule has 0 saturated heterocycles. The van der Waals surface area contributed by atoms with Crippen molar-refractivity contribution in [2.24, 2.45) is 0 Å². The van der Waals surface area contributed by atoms with E-state index in [1.54, 1.807) is 0 Å². The lowest BCUT2D eigenvalue weighted by atomic mass is 10.1. The summed E-state index contributed by atoms with van der Waals surface area (Å²) >= 11 is 1.42. The largest absolute Gasteiger partial charge is 0.460 e. The molecular weight excluding hydrogens is 627 g/mol. The fourth-order valence-electron chi connectivity index (χ4n) is 3.51. The first-order chi connectivity index (χ1) is 19.0. The van der Waals surface area contributed by atoms with Gasteiger partial charge in [-0.25, -0.2) is 3.63 Å². The second-order valence-electron chi connectivity index (χ2n) is 8.54. The quantitative estimate of drug-likeness (QED) is 0.111. The molecule has 0 heterocycles. The summed E-state index contributed by atoms with van der Waals surface area (Å²) in [6, 6.07) is 18.9. The molecule has 226 valence electrons.